The Bertz CT molecular complexity index is 434. The minimum atomic E-state index is 0.441. The van der Waals surface area contributed by atoms with E-state index in [2.05, 4.69) is 36.5 Å². The molecule has 0 aromatic carbocycles. The first kappa shape index (κ1) is 9.83. The van der Waals surface area contributed by atoms with Crippen LogP contribution in [-0.2, 0) is 4.79 Å². The van der Waals surface area contributed by atoms with Crippen molar-refractivity contribution in [1.29, 1.82) is 0 Å². The second-order valence-electron chi connectivity index (χ2n) is 4.92. The smallest absolute Gasteiger partial charge is 0.133 e. The Morgan fingerprint density at radius 1 is 1.12 bits per heavy atom. The maximum Gasteiger partial charge on any atom is 0.133 e. The van der Waals surface area contributed by atoms with Gasteiger partial charge in [0.2, 0.25) is 0 Å². The van der Waals surface area contributed by atoms with E-state index in [9.17, 15) is 4.79 Å². The lowest BCUT2D eigenvalue weighted by molar-refractivity contribution is -0.117. The summed E-state index contributed by atoms with van der Waals surface area (Å²) in [7, 11) is 0. The molecule has 0 aromatic rings. The summed E-state index contributed by atoms with van der Waals surface area (Å²) in [5.41, 5.74) is 2.77. The second-order valence-corrected chi connectivity index (χ2v) is 4.92. The summed E-state index contributed by atoms with van der Waals surface area (Å²) >= 11 is 0. The summed E-state index contributed by atoms with van der Waals surface area (Å²) < 4.78 is 0. The summed E-state index contributed by atoms with van der Waals surface area (Å²) in [4.78, 5) is 11.3. The van der Waals surface area contributed by atoms with Gasteiger partial charge in [0.25, 0.3) is 0 Å². The number of hydrogen-bond acceptors (Lipinski definition) is 1. The van der Waals surface area contributed by atoms with Crippen LogP contribution in [0.25, 0.3) is 0 Å². The number of Topliss-reactive ketones (excluding diaryl/α,β-unsaturated/α-hetero) is 1. The molecule has 0 amide bonds. The van der Waals surface area contributed by atoms with Crippen LogP contribution in [0.15, 0.2) is 47.6 Å². The lowest BCUT2D eigenvalue weighted by Crippen LogP contribution is -2.06. The Morgan fingerprint density at radius 2 is 2.00 bits per heavy atom. The Kier molecular flexibility index (Phi) is 2.39. The number of ketones is 1. The minimum absolute atomic E-state index is 0.441. The molecule has 3 aliphatic carbocycles. The van der Waals surface area contributed by atoms with Gasteiger partial charge in [-0.3, -0.25) is 4.79 Å². The van der Waals surface area contributed by atoms with Crippen molar-refractivity contribution >= 4 is 5.78 Å². The van der Waals surface area contributed by atoms with Gasteiger partial charge in [-0.25, -0.2) is 0 Å². The van der Waals surface area contributed by atoms with Crippen molar-refractivity contribution in [3.8, 4) is 0 Å². The maximum absolute atomic E-state index is 11.3. The number of rotatable bonds is 1. The van der Waals surface area contributed by atoms with Crippen molar-refractivity contribution in [3.63, 3.8) is 0 Å². The first-order chi connectivity index (χ1) is 7.83. The Labute approximate surface area is 96.2 Å². The average Bonchev–Trinajstić information content (AvgIpc) is 2.85. The lowest BCUT2D eigenvalue weighted by atomic mass is 9.90. The van der Waals surface area contributed by atoms with Crippen LogP contribution in [0.4, 0.5) is 0 Å². The van der Waals surface area contributed by atoms with Crippen molar-refractivity contribution in [2.75, 3.05) is 0 Å². The van der Waals surface area contributed by atoms with E-state index in [1.165, 1.54) is 11.1 Å². The molecule has 3 rings (SSSR count). The van der Waals surface area contributed by atoms with E-state index in [1.807, 2.05) is 0 Å². The molecule has 2 atom stereocenters. The number of hydrogen-bond donors (Lipinski definition) is 0. The highest BCUT2D eigenvalue weighted by atomic mass is 16.1. The molecule has 1 fully saturated rings. The van der Waals surface area contributed by atoms with Crippen LogP contribution in [0, 0.1) is 11.8 Å². The molecule has 0 aliphatic heterocycles. The van der Waals surface area contributed by atoms with Crippen molar-refractivity contribution in [3.05, 3.63) is 47.6 Å². The van der Waals surface area contributed by atoms with Gasteiger partial charge in [-0.05, 0) is 35.8 Å². The summed E-state index contributed by atoms with van der Waals surface area (Å²) in [5, 5.41) is 0. The SMILES string of the molecule is O=C1CCC(C2C=CC3=C(C=C2)CC=C3)C1. The van der Waals surface area contributed by atoms with Crippen LogP contribution in [0.3, 0.4) is 0 Å². The standard InChI is InChI=1S/C15H16O/c16-15-9-8-14(10-15)13-6-4-11-2-1-3-12(11)5-7-13/h1-2,4-7,13-14H,3,8-10H2. The summed E-state index contributed by atoms with van der Waals surface area (Å²) in [6.45, 7) is 0. The quantitative estimate of drug-likeness (QED) is 0.651. The highest BCUT2D eigenvalue weighted by Gasteiger charge is 2.27. The van der Waals surface area contributed by atoms with Crippen molar-refractivity contribution in [1.82, 2.24) is 0 Å². The highest BCUT2D eigenvalue weighted by Crippen LogP contribution is 2.34. The van der Waals surface area contributed by atoms with Gasteiger partial charge in [-0.1, -0.05) is 36.5 Å². The van der Waals surface area contributed by atoms with Crippen LogP contribution in [0.2, 0.25) is 0 Å². The van der Waals surface area contributed by atoms with Crippen LogP contribution < -0.4 is 0 Å². The van der Waals surface area contributed by atoms with Gasteiger partial charge in [0.1, 0.15) is 5.78 Å². The molecule has 1 nitrogen and oxygen atoms in total. The molecular formula is C15H16O. The number of carbonyl (C=O) groups is 1. The largest absolute Gasteiger partial charge is 0.300 e. The molecule has 0 aromatic heterocycles. The van der Waals surface area contributed by atoms with Crippen molar-refractivity contribution in [2.45, 2.75) is 25.7 Å². The van der Waals surface area contributed by atoms with Gasteiger partial charge in [0.05, 0.1) is 0 Å². The lowest BCUT2D eigenvalue weighted by Gasteiger charge is -2.14. The van der Waals surface area contributed by atoms with Crippen LogP contribution in [0.1, 0.15) is 25.7 Å². The molecule has 0 radical (unpaired) electrons. The minimum Gasteiger partial charge on any atom is -0.300 e. The third-order valence-electron chi connectivity index (χ3n) is 3.85. The number of allylic oxidation sites excluding steroid dienone is 8. The molecule has 1 saturated carbocycles. The first-order valence-electron chi connectivity index (χ1n) is 6.11. The second kappa shape index (κ2) is 3.89. The monoisotopic (exact) mass is 212 g/mol. The van der Waals surface area contributed by atoms with Gasteiger partial charge in [-0.2, -0.15) is 0 Å². The van der Waals surface area contributed by atoms with E-state index in [0.29, 0.717) is 17.6 Å². The average molecular weight is 212 g/mol. The van der Waals surface area contributed by atoms with E-state index in [-0.39, 0.29) is 0 Å². The zero-order chi connectivity index (χ0) is 11.0. The number of carbonyl (C=O) groups excluding carboxylic acids is 1. The fraction of sp³-hybridized carbons (Fsp3) is 0.400. The molecular weight excluding hydrogens is 196 g/mol. The van der Waals surface area contributed by atoms with Crippen LogP contribution in [-0.4, -0.2) is 5.78 Å². The molecule has 1 heteroatoms. The summed E-state index contributed by atoms with van der Waals surface area (Å²) in [5.74, 6) is 1.45. The van der Waals surface area contributed by atoms with E-state index in [1.54, 1.807) is 0 Å². The van der Waals surface area contributed by atoms with E-state index in [0.717, 1.165) is 25.7 Å². The van der Waals surface area contributed by atoms with Crippen LogP contribution >= 0.6 is 0 Å². The predicted molar refractivity (Wildman–Crippen MR) is 64.9 cm³/mol. The van der Waals surface area contributed by atoms with Crippen molar-refractivity contribution < 1.29 is 4.79 Å². The molecule has 82 valence electrons. The van der Waals surface area contributed by atoms with Crippen molar-refractivity contribution in [2.24, 2.45) is 11.8 Å². The molecule has 0 saturated heterocycles. The van der Waals surface area contributed by atoms with E-state index >= 15 is 0 Å². The molecule has 16 heavy (non-hydrogen) atoms. The predicted octanol–water partition coefficient (Wildman–Crippen LogP) is 3.35. The zero-order valence-corrected chi connectivity index (χ0v) is 9.36. The first-order valence-corrected chi connectivity index (χ1v) is 6.11. The highest BCUT2D eigenvalue weighted by molar-refractivity contribution is 5.80. The van der Waals surface area contributed by atoms with Gasteiger partial charge < -0.3 is 0 Å². The molecule has 0 spiro atoms. The molecule has 0 bridgehead atoms. The maximum atomic E-state index is 11.3. The molecule has 3 aliphatic rings. The van der Waals surface area contributed by atoms with Gasteiger partial charge >= 0.3 is 0 Å². The van der Waals surface area contributed by atoms with Gasteiger partial charge in [0.15, 0.2) is 0 Å². The zero-order valence-electron chi connectivity index (χ0n) is 9.36. The molecule has 0 heterocycles. The third-order valence-corrected chi connectivity index (χ3v) is 3.85. The van der Waals surface area contributed by atoms with Gasteiger partial charge in [-0.15, -0.1) is 0 Å². The molecule has 2 unspecified atom stereocenters. The van der Waals surface area contributed by atoms with Gasteiger partial charge in [0, 0.05) is 12.8 Å². The Hall–Kier alpha value is -1.37. The fourth-order valence-electron chi connectivity index (χ4n) is 2.86. The normalized spacial score (nSPS) is 32.4. The Balaban J connectivity index is 1.78. The topological polar surface area (TPSA) is 17.1 Å². The van der Waals surface area contributed by atoms with E-state index in [4.69, 9.17) is 0 Å². The molecule has 0 N–H and O–H groups in total. The third kappa shape index (κ3) is 1.71. The summed E-state index contributed by atoms with van der Waals surface area (Å²) in [6.07, 6.45) is 17.1. The van der Waals surface area contributed by atoms with E-state index < -0.39 is 0 Å². The Morgan fingerprint density at radius 3 is 2.81 bits per heavy atom. The van der Waals surface area contributed by atoms with Crippen LogP contribution in [0.5, 0.6) is 0 Å². The fourth-order valence-corrected chi connectivity index (χ4v) is 2.86. The summed E-state index contributed by atoms with van der Waals surface area (Å²) in [6, 6.07) is 0.